The van der Waals surface area contributed by atoms with Crippen molar-refractivity contribution in [2.75, 3.05) is 5.32 Å². The average Bonchev–Trinajstić information content (AvgIpc) is 2.66. The van der Waals surface area contributed by atoms with Crippen LogP contribution in [0.25, 0.3) is 0 Å². The molecule has 0 aliphatic rings. The fourth-order valence-electron chi connectivity index (χ4n) is 2.27. The van der Waals surface area contributed by atoms with Crippen LogP contribution in [0, 0.1) is 0 Å². The molecule has 0 aliphatic carbocycles. The standard InChI is InChI=1S/C20H22ClN3O4/c1-13(2)28-17-10-6-3-7-14(17)20(27)24-23-19(26)12-11-18(25)22-16-9-5-4-8-15(16)21/h3-10,13H,11-12H2,1-2H3,(H,22,25)(H,23,26)(H,24,27). The summed E-state index contributed by atoms with van der Waals surface area (Å²) in [6.07, 6.45) is -0.249. The van der Waals surface area contributed by atoms with Gasteiger partial charge in [0, 0.05) is 12.8 Å². The van der Waals surface area contributed by atoms with E-state index in [1.807, 2.05) is 13.8 Å². The zero-order valence-corrected chi connectivity index (χ0v) is 16.4. The summed E-state index contributed by atoms with van der Waals surface area (Å²) in [6, 6.07) is 13.5. The zero-order chi connectivity index (χ0) is 20.5. The summed E-state index contributed by atoms with van der Waals surface area (Å²) >= 11 is 5.97. The summed E-state index contributed by atoms with van der Waals surface area (Å²) in [5.74, 6) is -0.941. The molecule has 2 rings (SSSR count). The van der Waals surface area contributed by atoms with Crippen LogP contribution in [0.2, 0.25) is 5.02 Å². The predicted molar refractivity (Wildman–Crippen MR) is 107 cm³/mol. The monoisotopic (exact) mass is 403 g/mol. The Labute approximate surface area is 168 Å². The second-order valence-corrected chi connectivity index (χ2v) is 6.60. The van der Waals surface area contributed by atoms with Crippen LogP contribution in [0.15, 0.2) is 48.5 Å². The highest BCUT2D eigenvalue weighted by Gasteiger charge is 2.14. The van der Waals surface area contributed by atoms with Gasteiger partial charge in [0.05, 0.1) is 22.4 Å². The van der Waals surface area contributed by atoms with Crippen molar-refractivity contribution < 1.29 is 19.1 Å². The highest BCUT2D eigenvalue weighted by molar-refractivity contribution is 6.33. The van der Waals surface area contributed by atoms with Crippen molar-refractivity contribution in [3.8, 4) is 5.75 Å². The van der Waals surface area contributed by atoms with E-state index in [4.69, 9.17) is 16.3 Å². The Morgan fingerprint density at radius 1 is 0.929 bits per heavy atom. The third-order valence-corrected chi connectivity index (χ3v) is 3.87. The van der Waals surface area contributed by atoms with Crippen LogP contribution in [0.3, 0.4) is 0 Å². The molecule has 2 aromatic rings. The number of hydrogen-bond acceptors (Lipinski definition) is 4. The Morgan fingerprint density at radius 3 is 2.29 bits per heavy atom. The molecule has 148 valence electrons. The van der Waals surface area contributed by atoms with Gasteiger partial charge in [0.2, 0.25) is 11.8 Å². The van der Waals surface area contributed by atoms with Crippen molar-refractivity contribution in [1.29, 1.82) is 0 Å². The maximum atomic E-state index is 12.3. The third kappa shape index (κ3) is 6.59. The molecule has 0 aliphatic heterocycles. The largest absolute Gasteiger partial charge is 0.490 e. The van der Waals surface area contributed by atoms with E-state index in [-0.39, 0.29) is 24.9 Å². The number of para-hydroxylation sites is 2. The van der Waals surface area contributed by atoms with Gasteiger partial charge in [0.25, 0.3) is 5.91 Å². The quantitative estimate of drug-likeness (QED) is 0.618. The lowest BCUT2D eigenvalue weighted by atomic mass is 10.2. The van der Waals surface area contributed by atoms with Gasteiger partial charge in [0.1, 0.15) is 5.75 Å². The van der Waals surface area contributed by atoms with Crippen LogP contribution in [-0.4, -0.2) is 23.8 Å². The van der Waals surface area contributed by atoms with Gasteiger partial charge in [-0.2, -0.15) is 0 Å². The smallest absolute Gasteiger partial charge is 0.273 e. The van der Waals surface area contributed by atoms with Crippen molar-refractivity contribution >= 4 is 35.0 Å². The highest BCUT2D eigenvalue weighted by Crippen LogP contribution is 2.21. The molecule has 0 atom stereocenters. The predicted octanol–water partition coefficient (Wildman–Crippen LogP) is 3.31. The molecular weight excluding hydrogens is 382 g/mol. The lowest BCUT2D eigenvalue weighted by molar-refractivity contribution is -0.124. The summed E-state index contributed by atoms with van der Waals surface area (Å²) in [5, 5.41) is 3.04. The molecule has 0 saturated heterocycles. The first-order chi connectivity index (χ1) is 13.4. The molecule has 0 spiro atoms. The van der Waals surface area contributed by atoms with Crippen LogP contribution in [0.1, 0.15) is 37.0 Å². The summed E-state index contributed by atoms with van der Waals surface area (Å²) in [6.45, 7) is 3.70. The van der Waals surface area contributed by atoms with E-state index in [1.54, 1.807) is 48.5 Å². The maximum Gasteiger partial charge on any atom is 0.273 e. The zero-order valence-electron chi connectivity index (χ0n) is 15.6. The van der Waals surface area contributed by atoms with E-state index < -0.39 is 11.8 Å². The molecule has 2 aromatic carbocycles. The number of anilines is 1. The van der Waals surface area contributed by atoms with E-state index in [2.05, 4.69) is 16.2 Å². The molecule has 0 bridgehead atoms. The molecule has 3 N–H and O–H groups in total. The Balaban J connectivity index is 1.80. The highest BCUT2D eigenvalue weighted by atomic mass is 35.5. The van der Waals surface area contributed by atoms with Gasteiger partial charge in [-0.3, -0.25) is 25.2 Å². The number of carbonyl (C=O) groups is 3. The molecule has 7 nitrogen and oxygen atoms in total. The normalized spacial score (nSPS) is 10.3. The number of ether oxygens (including phenoxy) is 1. The van der Waals surface area contributed by atoms with Gasteiger partial charge in [-0.05, 0) is 38.1 Å². The molecule has 0 heterocycles. The van der Waals surface area contributed by atoms with Crippen molar-refractivity contribution in [3.05, 3.63) is 59.1 Å². The Kier molecular flexibility index (Phi) is 7.83. The molecule has 8 heteroatoms. The molecule has 28 heavy (non-hydrogen) atoms. The topological polar surface area (TPSA) is 96.5 Å². The fourth-order valence-corrected chi connectivity index (χ4v) is 2.45. The van der Waals surface area contributed by atoms with E-state index in [1.165, 1.54) is 0 Å². The second kappa shape index (κ2) is 10.3. The lowest BCUT2D eigenvalue weighted by Crippen LogP contribution is -2.42. The van der Waals surface area contributed by atoms with E-state index in [0.29, 0.717) is 22.0 Å². The minimum atomic E-state index is -0.509. The number of halogens is 1. The summed E-state index contributed by atoms with van der Waals surface area (Å²) in [4.78, 5) is 36.1. The van der Waals surface area contributed by atoms with Gasteiger partial charge in [0.15, 0.2) is 0 Å². The average molecular weight is 404 g/mol. The maximum absolute atomic E-state index is 12.3. The van der Waals surface area contributed by atoms with E-state index in [0.717, 1.165) is 0 Å². The number of amides is 3. The fraction of sp³-hybridized carbons (Fsp3) is 0.250. The van der Waals surface area contributed by atoms with Gasteiger partial charge < -0.3 is 10.1 Å². The molecule has 0 aromatic heterocycles. The third-order valence-electron chi connectivity index (χ3n) is 3.54. The number of hydrogen-bond donors (Lipinski definition) is 3. The molecule has 0 radical (unpaired) electrons. The minimum absolute atomic E-state index is 0.0556. The van der Waals surface area contributed by atoms with Crippen LogP contribution < -0.4 is 20.9 Å². The first-order valence-electron chi connectivity index (χ1n) is 8.76. The Hall–Kier alpha value is -3.06. The number of hydrazine groups is 1. The van der Waals surface area contributed by atoms with E-state index in [9.17, 15) is 14.4 Å². The van der Waals surface area contributed by atoms with Crippen LogP contribution in [0.5, 0.6) is 5.75 Å². The summed E-state index contributed by atoms with van der Waals surface area (Å²) < 4.78 is 5.58. The van der Waals surface area contributed by atoms with E-state index >= 15 is 0 Å². The van der Waals surface area contributed by atoms with Crippen LogP contribution in [0.4, 0.5) is 5.69 Å². The first kappa shape index (κ1) is 21.2. The second-order valence-electron chi connectivity index (χ2n) is 6.19. The molecule has 0 saturated carbocycles. The van der Waals surface area contributed by atoms with Gasteiger partial charge in [-0.25, -0.2) is 0 Å². The van der Waals surface area contributed by atoms with Crippen molar-refractivity contribution in [2.45, 2.75) is 32.8 Å². The summed E-state index contributed by atoms with van der Waals surface area (Å²) in [7, 11) is 0. The Bertz CT molecular complexity index is 855. The van der Waals surface area contributed by atoms with Crippen molar-refractivity contribution in [2.24, 2.45) is 0 Å². The summed E-state index contributed by atoms with van der Waals surface area (Å²) in [5.41, 5.74) is 5.39. The first-order valence-corrected chi connectivity index (χ1v) is 9.14. The van der Waals surface area contributed by atoms with Gasteiger partial charge in [-0.1, -0.05) is 35.9 Å². The van der Waals surface area contributed by atoms with Crippen LogP contribution in [-0.2, 0) is 9.59 Å². The minimum Gasteiger partial charge on any atom is -0.490 e. The van der Waals surface area contributed by atoms with Gasteiger partial charge >= 0.3 is 0 Å². The molecule has 3 amide bonds. The lowest BCUT2D eigenvalue weighted by Gasteiger charge is -2.14. The Morgan fingerprint density at radius 2 is 1.57 bits per heavy atom. The van der Waals surface area contributed by atoms with Gasteiger partial charge in [-0.15, -0.1) is 0 Å². The molecule has 0 unspecified atom stereocenters. The number of carbonyl (C=O) groups excluding carboxylic acids is 3. The van der Waals surface area contributed by atoms with Crippen molar-refractivity contribution in [1.82, 2.24) is 10.9 Å². The number of nitrogens with one attached hydrogen (secondary N) is 3. The molecular formula is C20H22ClN3O4. The number of benzene rings is 2. The van der Waals surface area contributed by atoms with Crippen molar-refractivity contribution in [3.63, 3.8) is 0 Å². The molecule has 0 fully saturated rings. The number of rotatable bonds is 7. The van der Waals surface area contributed by atoms with Crippen LogP contribution >= 0.6 is 11.6 Å². The SMILES string of the molecule is CC(C)Oc1ccccc1C(=O)NNC(=O)CCC(=O)Nc1ccccc1Cl.